The van der Waals surface area contributed by atoms with Crippen molar-refractivity contribution < 1.29 is 9.53 Å². The van der Waals surface area contributed by atoms with Crippen LogP contribution in [0.1, 0.15) is 42.5 Å². The van der Waals surface area contributed by atoms with Crippen LogP contribution in [0.4, 0.5) is 0 Å². The zero-order chi connectivity index (χ0) is 17.9. The summed E-state index contributed by atoms with van der Waals surface area (Å²) in [4.78, 5) is 14.8. The van der Waals surface area contributed by atoms with Crippen molar-refractivity contribution in [1.82, 2.24) is 15.5 Å². The van der Waals surface area contributed by atoms with Crippen molar-refractivity contribution >= 4 is 5.91 Å². The summed E-state index contributed by atoms with van der Waals surface area (Å²) in [5.74, 6) is 0.0967. The van der Waals surface area contributed by atoms with E-state index in [1.807, 2.05) is 0 Å². The van der Waals surface area contributed by atoms with E-state index in [0.717, 1.165) is 45.6 Å². The van der Waals surface area contributed by atoms with E-state index in [4.69, 9.17) is 4.74 Å². The van der Waals surface area contributed by atoms with E-state index in [-0.39, 0.29) is 17.6 Å². The lowest BCUT2D eigenvalue weighted by Crippen LogP contribution is -2.57. The minimum Gasteiger partial charge on any atom is -0.372 e. The normalized spacial score (nSPS) is 21.9. The number of ether oxygens (including phenoxy) is 1. The van der Waals surface area contributed by atoms with Gasteiger partial charge in [-0.3, -0.25) is 9.69 Å². The van der Waals surface area contributed by atoms with Crippen molar-refractivity contribution in [2.75, 3.05) is 39.3 Å². The predicted octanol–water partition coefficient (Wildman–Crippen LogP) is 1.94. The predicted molar refractivity (Wildman–Crippen MR) is 99.7 cm³/mol. The van der Waals surface area contributed by atoms with Crippen molar-refractivity contribution in [2.45, 2.75) is 45.3 Å². The van der Waals surface area contributed by atoms with Crippen molar-refractivity contribution in [2.24, 2.45) is 0 Å². The molecule has 1 unspecified atom stereocenters. The maximum absolute atomic E-state index is 12.6. The molecular formula is C20H31N3O2. The van der Waals surface area contributed by atoms with Crippen LogP contribution in [0.2, 0.25) is 0 Å². The van der Waals surface area contributed by atoms with Crippen LogP contribution in [0.3, 0.4) is 0 Å². The molecule has 0 aromatic heterocycles. The Balaban J connectivity index is 1.55. The quantitative estimate of drug-likeness (QED) is 0.876. The number of carbonyl (C=O) groups is 1. The highest BCUT2D eigenvalue weighted by molar-refractivity contribution is 5.78. The number of piperidine rings is 1. The van der Waals surface area contributed by atoms with E-state index in [1.165, 1.54) is 16.7 Å². The van der Waals surface area contributed by atoms with Crippen molar-refractivity contribution in [3.63, 3.8) is 0 Å². The number of amides is 1. The van der Waals surface area contributed by atoms with E-state index in [1.54, 1.807) is 0 Å². The molecule has 2 aliphatic heterocycles. The Morgan fingerprint density at radius 2 is 2.12 bits per heavy atom. The summed E-state index contributed by atoms with van der Waals surface area (Å²) in [5, 5.41) is 6.56. The number of benzene rings is 1. The molecule has 2 heterocycles. The first kappa shape index (κ1) is 18.4. The second-order valence-corrected chi connectivity index (χ2v) is 7.64. The van der Waals surface area contributed by atoms with Gasteiger partial charge in [-0.1, -0.05) is 23.8 Å². The fourth-order valence-corrected chi connectivity index (χ4v) is 4.04. The average molecular weight is 345 g/mol. The molecule has 2 N–H and O–H groups in total. The van der Waals surface area contributed by atoms with Crippen LogP contribution in [0, 0.1) is 13.8 Å². The summed E-state index contributed by atoms with van der Waals surface area (Å²) < 4.78 is 6.08. The van der Waals surface area contributed by atoms with Gasteiger partial charge in [0.2, 0.25) is 5.91 Å². The molecule has 1 amide bonds. The van der Waals surface area contributed by atoms with Gasteiger partial charge in [-0.25, -0.2) is 0 Å². The standard InChI is InChI=1S/C20H31N3O2/c1-15-4-5-16(2)18(12-15)17(3)22-19(24)13-23-10-11-25-20(14-23)6-8-21-9-7-20/h4-5,12,17,21H,6-11,13-14H2,1-3H3,(H,22,24). The van der Waals surface area contributed by atoms with Gasteiger partial charge in [0.05, 0.1) is 24.8 Å². The molecule has 5 heteroatoms. The SMILES string of the molecule is Cc1ccc(C)c(C(C)NC(=O)CN2CCOC3(CCNCC3)C2)c1. The summed E-state index contributed by atoms with van der Waals surface area (Å²) in [6.45, 7) is 11.1. The van der Waals surface area contributed by atoms with Gasteiger partial charge in [0, 0.05) is 13.1 Å². The van der Waals surface area contributed by atoms with Gasteiger partial charge in [0.1, 0.15) is 0 Å². The molecule has 1 aromatic rings. The third-order valence-electron chi connectivity index (χ3n) is 5.49. The lowest BCUT2D eigenvalue weighted by molar-refractivity contribution is -0.136. The minimum absolute atomic E-state index is 0.0290. The topological polar surface area (TPSA) is 53.6 Å². The van der Waals surface area contributed by atoms with E-state index >= 15 is 0 Å². The van der Waals surface area contributed by atoms with E-state index in [0.29, 0.717) is 6.54 Å². The van der Waals surface area contributed by atoms with Crippen LogP contribution in [0.5, 0.6) is 0 Å². The van der Waals surface area contributed by atoms with E-state index in [9.17, 15) is 4.79 Å². The molecule has 0 radical (unpaired) electrons. The molecule has 2 saturated heterocycles. The first-order valence-corrected chi connectivity index (χ1v) is 9.41. The molecule has 3 rings (SSSR count). The highest BCUT2D eigenvalue weighted by Gasteiger charge is 2.38. The Morgan fingerprint density at radius 3 is 2.88 bits per heavy atom. The maximum atomic E-state index is 12.6. The van der Waals surface area contributed by atoms with E-state index < -0.39 is 0 Å². The molecule has 138 valence electrons. The van der Waals surface area contributed by atoms with Crippen molar-refractivity contribution in [3.05, 3.63) is 34.9 Å². The van der Waals surface area contributed by atoms with Gasteiger partial charge in [-0.05, 0) is 57.8 Å². The summed E-state index contributed by atoms with van der Waals surface area (Å²) >= 11 is 0. The van der Waals surface area contributed by atoms with Crippen LogP contribution >= 0.6 is 0 Å². The highest BCUT2D eigenvalue weighted by atomic mass is 16.5. The average Bonchev–Trinajstić information content (AvgIpc) is 2.57. The van der Waals surface area contributed by atoms with Crippen LogP contribution in [-0.2, 0) is 9.53 Å². The number of morpholine rings is 1. The third kappa shape index (κ3) is 4.60. The first-order chi connectivity index (χ1) is 12.0. The lowest BCUT2D eigenvalue weighted by atomic mass is 9.90. The number of nitrogens with zero attached hydrogens (tertiary/aromatic N) is 1. The van der Waals surface area contributed by atoms with Crippen LogP contribution < -0.4 is 10.6 Å². The molecular weight excluding hydrogens is 314 g/mol. The first-order valence-electron chi connectivity index (χ1n) is 9.41. The monoisotopic (exact) mass is 345 g/mol. The number of carbonyl (C=O) groups excluding carboxylic acids is 1. The number of aryl methyl sites for hydroxylation is 2. The fraction of sp³-hybridized carbons (Fsp3) is 0.650. The molecule has 25 heavy (non-hydrogen) atoms. The summed E-state index contributed by atoms with van der Waals surface area (Å²) in [6.07, 6.45) is 2.06. The molecule has 2 fully saturated rings. The second kappa shape index (κ2) is 7.85. The minimum atomic E-state index is -0.0530. The Morgan fingerprint density at radius 1 is 1.36 bits per heavy atom. The van der Waals surface area contributed by atoms with E-state index in [2.05, 4.69) is 54.5 Å². The number of rotatable bonds is 4. The molecule has 5 nitrogen and oxygen atoms in total. The third-order valence-corrected chi connectivity index (χ3v) is 5.49. The number of hydrogen-bond donors (Lipinski definition) is 2. The van der Waals surface area contributed by atoms with Crippen molar-refractivity contribution in [1.29, 1.82) is 0 Å². The Kier molecular flexibility index (Phi) is 5.77. The largest absolute Gasteiger partial charge is 0.372 e. The van der Waals surface area contributed by atoms with Crippen LogP contribution in [0.25, 0.3) is 0 Å². The number of hydrogen-bond acceptors (Lipinski definition) is 4. The molecule has 2 aliphatic rings. The molecule has 0 bridgehead atoms. The zero-order valence-electron chi connectivity index (χ0n) is 15.7. The maximum Gasteiger partial charge on any atom is 0.234 e. The summed E-state index contributed by atoms with van der Waals surface area (Å²) in [7, 11) is 0. The van der Waals surface area contributed by atoms with Gasteiger partial charge in [0.15, 0.2) is 0 Å². The van der Waals surface area contributed by atoms with Crippen LogP contribution in [-0.4, -0.2) is 55.7 Å². The van der Waals surface area contributed by atoms with Crippen molar-refractivity contribution in [3.8, 4) is 0 Å². The highest BCUT2D eigenvalue weighted by Crippen LogP contribution is 2.27. The zero-order valence-corrected chi connectivity index (χ0v) is 15.7. The smallest absolute Gasteiger partial charge is 0.234 e. The molecule has 1 aromatic carbocycles. The van der Waals surface area contributed by atoms with Gasteiger partial charge >= 0.3 is 0 Å². The molecule has 0 saturated carbocycles. The Bertz CT molecular complexity index is 605. The Hall–Kier alpha value is -1.43. The molecule has 1 atom stereocenters. The van der Waals surface area contributed by atoms with Gasteiger partial charge < -0.3 is 15.4 Å². The summed E-state index contributed by atoms with van der Waals surface area (Å²) in [5.41, 5.74) is 3.59. The lowest BCUT2D eigenvalue weighted by Gasteiger charge is -2.45. The molecule has 1 spiro atoms. The fourth-order valence-electron chi connectivity index (χ4n) is 4.04. The van der Waals surface area contributed by atoms with Gasteiger partial charge in [-0.15, -0.1) is 0 Å². The molecule has 0 aliphatic carbocycles. The summed E-state index contributed by atoms with van der Waals surface area (Å²) in [6, 6.07) is 6.43. The Labute approximate surface area is 151 Å². The van der Waals surface area contributed by atoms with Gasteiger partial charge in [-0.2, -0.15) is 0 Å². The van der Waals surface area contributed by atoms with Crippen LogP contribution in [0.15, 0.2) is 18.2 Å². The second-order valence-electron chi connectivity index (χ2n) is 7.64. The number of nitrogens with one attached hydrogen (secondary N) is 2. The van der Waals surface area contributed by atoms with Gasteiger partial charge in [0.25, 0.3) is 0 Å².